The van der Waals surface area contributed by atoms with E-state index in [1.54, 1.807) is 7.05 Å². The van der Waals surface area contributed by atoms with Crippen molar-refractivity contribution in [1.82, 2.24) is 5.32 Å². The first-order valence-corrected chi connectivity index (χ1v) is 4.26. The van der Waals surface area contributed by atoms with Crippen LogP contribution in [0.5, 0.6) is 5.75 Å². The van der Waals surface area contributed by atoms with Gasteiger partial charge in [-0.15, -0.1) is 0 Å². The molecule has 0 fully saturated rings. The smallest absolute Gasteiger partial charge is 0.230 e. The van der Waals surface area contributed by atoms with E-state index in [1.807, 2.05) is 24.3 Å². The Hall–Kier alpha value is -1.51. The number of carbonyl (C=O) groups is 1. The predicted molar refractivity (Wildman–Crippen MR) is 48.7 cm³/mol. The van der Waals surface area contributed by atoms with E-state index in [1.165, 1.54) is 0 Å². The fourth-order valence-corrected chi connectivity index (χ4v) is 1.55. The van der Waals surface area contributed by atoms with E-state index >= 15 is 0 Å². The third-order valence-corrected chi connectivity index (χ3v) is 2.26. The Morgan fingerprint density at radius 1 is 1.54 bits per heavy atom. The van der Waals surface area contributed by atoms with Gasteiger partial charge in [-0.2, -0.15) is 0 Å². The average Bonchev–Trinajstić information content (AvgIpc) is 2.60. The van der Waals surface area contributed by atoms with Gasteiger partial charge in [0.2, 0.25) is 5.91 Å². The summed E-state index contributed by atoms with van der Waals surface area (Å²) < 4.78 is 5.37. The monoisotopic (exact) mass is 177 g/mol. The first-order valence-electron chi connectivity index (χ1n) is 4.26. The third kappa shape index (κ3) is 1.26. The zero-order valence-electron chi connectivity index (χ0n) is 7.41. The van der Waals surface area contributed by atoms with Crippen molar-refractivity contribution in [2.24, 2.45) is 0 Å². The molecule has 1 aliphatic rings. The van der Waals surface area contributed by atoms with Gasteiger partial charge in [-0.1, -0.05) is 18.2 Å². The summed E-state index contributed by atoms with van der Waals surface area (Å²) in [5.74, 6) is 0.710. The molecular weight excluding hydrogens is 166 g/mol. The molecule has 0 aliphatic carbocycles. The number of likely N-dealkylation sites (N-methyl/N-ethyl adjacent to an activating group) is 1. The molecule has 1 N–H and O–H groups in total. The highest BCUT2D eigenvalue weighted by Gasteiger charge is 2.28. The maximum Gasteiger partial charge on any atom is 0.230 e. The first-order chi connectivity index (χ1) is 6.33. The molecule has 0 saturated heterocycles. The van der Waals surface area contributed by atoms with Crippen LogP contribution in [-0.2, 0) is 4.79 Å². The summed E-state index contributed by atoms with van der Waals surface area (Å²) in [6.07, 6.45) is 0. The Bertz CT molecular complexity index is 335. The second-order valence-corrected chi connectivity index (χ2v) is 3.02. The minimum atomic E-state index is -0.138. The molecule has 1 aliphatic heterocycles. The van der Waals surface area contributed by atoms with Crippen LogP contribution in [-0.4, -0.2) is 19.6 Å². The lowest BCUT2D eigenvalue weighted by Gasteiger charge is -2.05. The van der Waals surface area contributed by atoms with Gasteiger partial charge in [-0.3, -0.25) is 4.79 Å². The summed E-state index contributed by atoms with van der Waals surface area (Å²) >= 11 is 0. The van der Waals surface area contributed by atoms with Crippen molar-refractivity contribution in [3.8, 4) is 5.75 Å². The van der Waals surface area contributed by atoms with Gasteiger partial charge in [0, 0.05) is 12.6 Å². The molecule has 0 bridgehead atoms. The largest absolute Gasteiger partial charge is 0.492 e. The van der Waals surface area contributed by atoms with E-state index in [4.69, 9.17) is 4.74 Å². The Kier molecular flexibility index (Phi) is 1.93. The summed E-state index contributed by atoms with van der Waals surface area (Å²) in [6.45, 7) is 0.457. The Morgan fingerprint density at radius 3 is 3.08 bits per heavy atom. The van der Waals surface area contributed by atoms with Gasteiger partial charge in [0.1, 0.15) is 18.3 Å². The van der Waals surface area contributed by atoms with E-state index in [0.717, 1.165) is 11.3 Å². The zero-order valence-corrected chi connectivity index (χ0v) is 7.41. The normalized spacial score (nSPS) is 19.0. The SMILES string of the molecule is CNC(=O)[C@@H]1COc2ccccc21. The van der Waals surface area contributed by atoms with Crippen LogP contribution < -0.4 is 10.1 Å². The van der Waals surface area contributed by atoms with Gasteiger partial charge in [0.15, 0.2) is 0 Å². The van der Waals surface area contributed by atoms with Crippen LogP contribution in [0, 0.1) is 0 Å². The molecule has 1 aromatic carbocycles. The summed E-state index contributed by atoms with van der Waals surface area (Å²) in [5, 5.41) is 2.63. The number of benzene rings is 1. The molecule has 0 unspecified atom stereocenters. The third-order valence-electron chi connectivity index (χ3n) is 2.26. The number of fused-ring (bicyclic) bond motifs is 1. The summed E-state index contributed by atoms with van der Waals surface area (Å²) in [4.78, 5) is 11.4. The molecule has 1 heterocycles. The molecule has 2 rings (SSSR count). The van der Waals surface area contributed by atoms with Crippen molar-refractivity contribution in [2.75, 3.05) is 13.7 Å². The summed E-state index contributed by atoms with van der Waals surface area (Å²) in [7, 11) is 1.64. The van der Waals surface area contributed by atoms with Crippen molar-refractivity contribution in [3.05, 3.63) is 29.8 Å². The average molecular weight is 177 g/mol. The topological polar surface area (TPSA) is 38.3 Å². The second-order valence-electron chi connectivity index (χ2n) is 3.02. The lowest BCUT2D eigenvalue weighted by Crippen LogP contribution is -2.26. The van der Waals surface area contributed by atoms with Gasteiger partial charge in [-0.05, 0) is 6.07 Å². The number of hydrogen-bond donors (Lipinski definition) is 1. The van der Waals surface area contributed by atoms with Crippen LogP contribution in [0.2, 0.25) is 0 Å². The number of carbonyl (C=O) groups excluding carboxylic acids is 1. The Balaban J connectivity index is 2.33. The minimum absolute atomic E-state index is 0.0185. The van der Waals surface area contributed by atoms with Crippen molar-refractivity contribution in [1.29, 1.82) is 0 Å². The standard InChI is InChI=1S/C10H11NO2/c1-11-10(12)8-6-13-9-5-3-2-4-7(8)9/h2-5,8H,6H2,1H3,(H,11,12)/t8-/m1/s1. The number of rotatable bonds is 1. The molecule has 0 aromatic heterocycles. The number of nitrogens with one attached hydrogen (secondary N) is 1. The predicted octanol–water partition coefficient (Wildman–Crippen LogP) is 0.909. The molecule has 1 amide bonds. The van der Waals surface area contributed by atoms with Crippen LogP contribution in [0.25, 0.3) is 0 Å². The number of hydrogen-bond acceptors (Lipinski definition) is 2. The van der Waals surface area contributed by atoms with E-state index in [2.05, 4.69) is 5.32 Å². The van der Waals surface area contributed by atoms with Crippen LogP contribution in [0.15, 0.2) is 24.3 Å². The van der Waals surface area contributed by atoms with E-state index in [-0.39, 0.29) is 11.8 Å². The van der Waals surface area contributed by atoms with Crippen molar-refractivity contribution < 1.29 is 9.53 Å². The Labute approximate surface area is 76.7 Å². The molecule has 3 heteroatoms. The van der Waals surface area contributed by atoms with E-state index in [9.17, 15) is 4.79 Å². The molecule has 68 valence electrons. The summed E-state index contributed by atoms with van der Waals surface area (Å²) in [5.41, 5.74) is 0.988. The van der Waals surface area contributed by atoms with Gasteiger partial charge < -0.3 is 10.1 Å². The molecule has 0 spiro atoms. The van der Waals surface area contributed by atoms with E-state index < -0.39 is 0 Å². The van der Waals surface area contributed by atoms with Gasteiger partial charge in [0.05, 0.1) is 0 Å². The van der Waals surface area contributed by atoms with Crippen LogP contribution in [0.1, 0.15) is 11.5 Å². The lowest BCUT2D eigenvalue weighted by atomic mass is 10.0. The highest BCUT2D eigenvalue weighted by atomic mass is 16.5. The van der Waals surface area contributed by atoms with Gasteiger partial charge >= 0.3 is 0 Å². The highest BCUT2D eigenvalue weighted by molar-refractivity contribution is 5.85. The number of para-hydroxylation sites is 1. The fourth-order valence-electron chi connectivity index (χ4n) is 1.55. The fraction of sp³-hybridized carbons (Fsp3) is 0.300. The van der Waals surface area contributed by atoms with Crippen LogP contribution in [0.4, 0.5) is 0 Å². The van der Waals surface area contributed by atoms with Crippen LogP contribution in [0.3, 0.4) is 0 Å². The Morgan fingerprint density at radius 2 is 2.31 bits per heavy atom. The van der Waals surface area contributed by atoms with Crippen molar-refractivity contribution in [3.63, 3.8) is 0 Å². The molecule has 3 nitrogen and oxygen atoms in total. The minimum Gasteiger partial charge on any atom is -0.492 e. The molecule has 1 aromatic rings. The maximum absolute atomic E-state index is 11.4. The second kappa shape index (κ2) is 3.09. The molecule has 0 saturated carbocycles. The quantitative estimate of drug-likeness (QED) is 0.692. The zero-order chi connectivity index (χ0) is 9.26. The van der Waals surface area contributed by atoms with Crippen molar-refractivity contribution >= 4 is 5.91 Å². The molecule has 0 radical (unpaired) electrons. The molecule has 13 heavy (non-hydrogen) atoms. The first kappa shape index (κ1) is 8.10. The van der Waals surface area contributed by atoms with Crippen LogP contribution >= 0.6 is 0 Å². The highest BCUT2D eigenvalue weighted by Crippen LogP contribution is 2.33. The van der Waals surface area contributed by atoms with Crippen molar-refractivity contribution in [2.45, 2.75) is 5.92 Å². The number of amides is 1. The lowest BCUT2D eigenvalue weighted by molar-refractivity contribution is -0.122. The molecular formula is C10H11NO2. The molecule has 1 atom stereocenters. The van der Waals surface area contributed by atoms with Gasteiger partial charge in [0.25, 0.3) is 0 Å². The summed E-state index contributed by atoms with van der Waals surface area (Å²) in [6, 6.07) is 7.65. The van der Waals surface area contributed by atoms with Gasteiger partial charge in [-0.25, -0.2) is 0 Å². The number of ether oxygens (including phenoxy) is 1. The maximum atomic E-state index is 11.4. The van der Waals surface area contributed by atoms with E-state index in [0.29, 0.717) is 6.61 Å².